The van der Waals surface area contributed by atoms with Crippen molar-refractivity contribution in [1.82, 2.24) is 9.88 Å². The van der Waals surface area contributed by atoms with E-state index in [1.165, 1.54) is 6.42 Å². The molecule has 0 unspecified atom stereocenters. The number of pyridine rings is 1. The third kappa shape index (κ3) is 4.50. The zero-order chi connectivity index (χ0) is 17.6. The first kappa shape index (κ1) is 17.3. The second-order valence-electron chi connectivity index (χ2n) is 6.73. The van der Waals surface area contributed by atoms with Gasteiger partial charge in [0.25, 0.3) is 0 Å². The van der Waals surface area contributed by atoms with Gasteiger partial charge in [-0.25, -0.2) is 9.78 Å². The van der Waals surface area contributed by atoms with Gasteiger partial charge in [-0.3, -0.25) is 0 Å². The molecule has 1 N–H and O–H groups in total. The monoisotopic (exact) mass is 339 g/mol. The Morgan fingerprint density at radius 2 is 2.12 bits per heavy atom. The summed E-state index contributed by atoms with van der Waals surface area (Å²) in [5.41, 5.74) is 0.728. The van der Waals surface area contributed by atoms with E-state index in [4.69, 9.17) is 4.74 Å². The molecule has 0 radical (unpaired) electrons. The number of ether oxygens (including phenoxy) is 1. The Kier molecular flexibility index (Phi) is 5.53. The SMILES string of the molecule is CC(C)[C@H]1CCCCN1C(=O)Nc1cccc(Oc2ccccn2)c1. The maximum atomic E-state index is 12.7. The molecule has 3 rings (SSSR count). The molecule has 0 aliphatic carbocycles. The first-order chi connectivity index (χ1) is 12.1. The molecule has 1 aliphatic heterocycles. The minimum Gasteiger partial charge on any atom is -0.439 e. The number of carbonyl (C=O) groups excluding carboxylic acids is 1. The van der Waals surface area contributed by atoms with Gasteiger partial charge in [0, 0.05) is 36.6 Å². The summed E-state index contributed by atoms with van der Waals surface area (Å²) in [6.07, 6.45) is 5.02. The molecule has 1 saturated heterocycles. The average molecular weight is 339 g/mol. The van der Waals surface area contributed by atoms with Crippen molar-refractivity contribution in [2.75, 3.05) is 11.9 Å². The van der Waals surface area contributed by atoms with Crippen molar-refractivity contribution in [3.63, 3.8) is 0 Å². The summed E-state index contributed by atoms with van der Waals surface area (Å²) in [7, 11) is 0. The molecule has 0 spiro atoms. The quantitative estimate of drug-likeness (QED) is 0.860. The molecule has 1 aliphatic rings. The van der Waals surface area contributed by atoms with Crippen molar-refractivity contribution in [2.45, 2.75) is 39.2 Å². The Morgan fingerprint density at radius 3 is 2.88 bits per heavy atom. The Morgan fingerprint density at radius 1 is 1.24 bits per heavy atom. The van der Waals surface area contributed by atoms with Crippen LogP contribution in [0, 0.1) is 5.92 Å². The third-order valence-corrected chi connectivity index (χ3v) is 4.53. The largest absolute Gasteiger partial charge is 0.439 e. The van der Waals surface area contributed by atoms with Crippen molar-refractivity contribution in [1.29, 1.82) is 0 Å². The highest BCUT2D eigenvalue weighted by Crippen LogP contribution is 2.26. The van der Waals surface area contributed by atoms with Gasteiger partial charge in [-0.15, -0.1) is 0 Å². The van der Waals surface area contributed by atoms with Crippen molar-refractivity contribution in [3.05, 3.63) is 48.7 Å². The molecule has 1 fully saturated rings. The van der Waals surface area contributed by atoms with Crippen LogP contribution in [0.3, 0.4) is 0 Å². The van der Waals surface area contributed by atoms with E-state index in [1.54, 1.807) is 12.3 Å². The summed E-state index contributed by atoms with van der Waals surface area (Å²) in [4.78, 5) is 18.8. The molecular formula is C20H25N3O2. The minimum absolute atomic E-state index is 0.0339. The predicted octanol–water partition coefficient (Wildman–Crippen LogP) is 4.92. The lowest BCUT2D eigenvalue weighted by molar-refractivity contribution is 0.138. The summed E-state index contributed by atoms with van der Waals surface area (Å²) >= 11 is 0. The summed E-state index contributed by atoms with van der Waals surface area (Å²) in [6, 6.07) is 13.2. The first-order valence-electron chi connectivity index (χ1n) is 8.90. The van der Waals surface area contributed by atoms with E-state index in [0.717, 1.165) is 25.1 Å². The van der Waals surface area contributed by atoms with E-state index < -0.39 is 0 Å². The van der Waals surface area contributed by atoms with Gasteiger partial charge < -0.3 is 15.0 Å². The van der Waals surface area contributed by atoms with Gasteiger partial charge in [0.15, 0.2) is 0 Å². The number of aromatic nitrogens is 1. The van der Waals surface area contributed by atoms with Crippen LogP contribution >= 0.6 is 0 Å². The van der Waals surface area contributed by atoms with Crippen LogP contribution in [-0.2, 0) is 0 Å². The standard InChI is InChI=1S/C20H25N3O2/c1-15(2)18-10-4-6-13-23(18)20(24)22-16-8-7-9-17(14-16)25-19-11-3-5-12-21-19/h3,5,7-9,11-12,14-15,18H,4,6,10,13H2,1-2H3,(H,22,24)/t18-/m1/s1. The number of amides is 2. The molecule has 25 heavy (non-hydrogen) atoms. The zero-order valence-corrected chi connectivity index (χ0v) is 14.8. The number of hydrogen-bond donors (Lipinski definition) is 1. The Hall–Kier alpha value is -2.56. The van der Waals surface area contributed by atoms with E-state index in [-0.39, 0.29) is 6.03 Å². The van der Waals surface area contributed by atoms with Crippen LogP contribution in [-0.4, -0.2) is 28.5 Å². The second-order valence-corrected chi connectivity index (χ2v) is 6.73. The Bertz CT molecular complexity index is 703. The van der Waals surface area contributed by atoms with Gasteiger partial charge in [0.05, 0.1) is 0 Å². The van der Waals surface area contributed by atoms with Gasteiger partial charge in [-0.05, 0) is 43.4 Å². The molecule has 0 bridgehead atoms. The van der Waals surface area contributed by atoms with Crippen LogP contribution in [0.15, 0.2) is 48.7 Å². The van der Waals surface area contributed by atoms with E-state index >= 15 is 0 Å². The normalized spacial score (nSPS) is 17.4. The van der Waals surface area contributed by atoms with Crippen molar-refractivity contribution in [3.8, 4) is 11.6 Å². The number of anilines is 1. The molecule has 2 heterocycles. The highest BCUT2D eigenvalue weighted by molar-refractivity contribution is 5.89. The minimum atomic E-state index is -0.0339. The summed E-state index contributed by atoms with van der Waals surface area (Å²) in [5.74, 6) is 1.64. The van der Waals surface area contributed by atoms with Gasteiger partial charge >= 0.3 is 6.03 Å². The lowest BCUT2D eigenvalue weighted by atomic mass is 9.93. The van der Waals surface area contributed by atoms with Crippen molar-refractivity contribution in [2.24, 2.45) is 5.92 Å². The third-order valence-electron chi connectivity index (χ3n) is 4.53. The number of likely N-dealkylation sites (tertiary alicyclic amines) is 1. The fourth-order valence-electron chi connectivity index (χ4n) is 3.26. The molecule has 0 saturated carbocycles. The lowest BCUT2D eigenvalue weighted by Gasteiger charge is -2.38. The van der Waals surface area contributed by atoms with E-state index in [2.05, 4.69) is 24.1 Å². The topological polar surface area (TPSA) is 54.5 Å². The Balaban J connectivity index is 1.68. The van der Waals surface area contributed by atoms with Crippen LogP contribution in [0.5, 0.6) is 11.6 Å². The zero-order valence-electron chi connectivity index (χ0n) is 14.8. The maximum absolute atomic E-state index is 12.7. The van der Waals surface area contributed by atoms with E-state index in [1.807, 2.05) is 41.3 Å². The molecule has 2 aromatic rings. The number of nitrogens with zero attached hydrogens (tertiary/aromatic N) is 2. The molecule has 1 aromatic carbocycles. The highest BCUT2D eigenvalue weighted by Gasteiger charge is 2.28. The summed E-state index contributed by atoms with van der Waals surface area (Å²) in [6.45, 7) is 5.17. The number of rotatable bonds is 4. The fourth-order valence-corrected chi connectivity index (χ4v) is 3.26. The number of urea groups is 1. The molecule has 2 amide bonds. The summed E-state index contributed by atoms with van der Waals surface area (Å²) < 4.78 is 5.73. The van der Waals surface area contributed by atoms with Crippen LogP contribution in [0.1, 0.15) is 33.1 Å². The Labute approximate surface area is 149 Å². The van der Waals surface area contributed by atoms with Gasteiger partial charge in [-0.1, -0.05) is 26.0 Å². The van der Waals surface area contributed by atoms with Crippen LogP contribution in [0.25, 0.3) is 0 Å². The fraction of sp³-hybridized carbons (Fsp3) is 0.400. The maximum Gasteiger partial charge on any atom is 0.322 e. The van der Waals surface area contributed by atoms with Gasteiger partial charge in [0.2, 0.25) is 5.88 Å². The average Bonchev–Trinajstić information content (AvgIpc) is 2.63. The van der Waals surface area contributed by atoms with Crippen LogP contribution in [0.2, 0.25) is 0 Å². The smallest absolute Gasteiger partial charge is 0.322 e. The number of hydrogen-bond acceptors (Lipinski definition) is 3. The molecule has 132 valence electrons. The lowest BCUT2D eigenvalue weighted by Crippen LogP contribution is -2.48. The van der Waals surface area contributed by atoms with Crippen LogP contribution < -0.4 is 10.1 Å². The summed E-state index contributed by atoms with van der Waals surface area (Å²) in [5, 5.41) is 3.01. The molecule has 5 nitrogen and oxygen atoms in total. The predicted molar refractivity (Wildman–Crippen MR) is 99.0 cm³/mol. The number of benzene rings is 1. The number of nitrogens with one attached hydrogen (secondary N) is 1. The van der Waals surface area contributed by atoms with E-state index in [9.17, 15) is 4.79 Å². The number of piperidine rings is 1. The van der Waals surface area contributed by atoms with Crippen molar-refractivity contribution >= 4 is 11.7 Å². The molecule has 1 atom stereocenters. The van der Waals surface area contributed by atoms with Crippen molar-refractivity contribution < 1.29 is 9.53 Å². The molecular weight excluding hydrogens is 314 g/mol. The molecule has 5 heteroatoms. The number of carbonyl (C=O) groups is 1. The first-order valence-corrected chi connectivity index (χ1v) is 8.90. The second kappa shape index (κ2) is 8.01. The van der Waals surface area contributed by atoms with Gasteiger partial charge in [0.1, 0.15) is 5.75 Å². The highest BCUT2D eigenvalue weighted by atomic mass is 16.5. The van der Waals surface area contributed by atoms with Gasteiger partial charge in [-0.2, -0.15) is 0 Å². The van der Waals surface area contributed by atoms with Crippen LogP contribution in [0.4, 0.5) is 10.5 Å². The van der Waals surface area contributed by atoms with E-state index in [0.29, 0.717) is 23.6 Å². The molecule has 1 aromatic heterocycles.